The van der Waals surface area contributed by atoms with E-state index in [0.717, 1.165) is 0 Å². The number of nitriles is 2. The lowest BCUT2D eigenvalue weighted by Gasteiger charge is -2.02. The summed E-state index contributed by atoms with van der Waals surface area (Å²) in [7, 11) is -3.91. The average molecular weight is 257 g/mol. The molecular weight excluding hydrogens is 252 g/mol. The highest BCUT2D eigenvalue weighted by atomic mass is 32.2. The van der Waals surface area contributed by atoms with Crippen molar-refractivity contribution in [2.75, 3.05) is 0 Å². The third-order valence-corrected chi connectivity index (χ3v) is 3.62. The maximum absolute atomic E-state index is 12.1. The van der Waals surface area contributed by atoms with Gasteiger partial charge in [-0.2, -0.15) is 18.9 Å². The van der Waals surface area contributed by atoms with Gasteiger partial charge in [-0.3, -0.25) is 0 Å². The van der Waals surface area contributed by atoms with E-state index in [4.69, 9.17) is 10.5 Å². The second-order valence-electron chi connectivity index (χ2n) is 3.22. The normalized spacial score (nSPS) is 10.6. The number of rotatable bonds is 2. The first-order valence-electron chi connectivity index (χ1n) is 4.73. The van der Waals surface area contributed by atoms with Gasteiger partial charge < -0.3 is 0 Å². The van der Waals surface area contributed by atoms with Crippen LogP contribution in [0.2, 0.25) is 0 Å². The van der Waals surface area contributed by atoms with Crippen LogP contribution in [0, 0.1) is 28.9 Å². The summed E-state index contributed by atoms with van der Waals surface area (Å²) in [5.41, 5.74) is -0.464. The van der Waals surface area contributed by atoms with Crippen molar-refractivity contribution in [2.45, 2.75) is 4.90 Å². The molecule has 0 saturated heterocycles. The van der Waals surface area contributed by atoms with Crippen molar-refractivity contribution in [1.29, 1.82) is 10.5 Å². The van der Waals surface area contributed by atoms with Crippen LogP contribution in [-0.4, -0.2) is 17.6 Å². The summed E-state index contributed by atoms with van der Waals surface area (Å²) < 4.78 is 24.7. The molecule has 2 rings (SSSR count). The molecule has 1 radical (unpaired) electrons. The molecule has 0 aliphatic carbocycles. The van der Waals surface area contributed by atoms with Gasteiger partial charge in [0.2, 0.25) is 0 Å². The minimum absolute atomic E-state index is 0.0118. The van der Waals surface area contributed by atoms with Crippen LogP contribution in [0.5, 0.6) is 0 Å². The molecule has 6 nitrogen and oxygen atoms in total. The summed E-state index contributed by atoms with van der Waals surface area (Å²) in [6.07, 6.45) is 2.26. The van der Waals surface area contributed by atoms with Crippen molar-refractivity contribution < 1.29 is 8.42 Å². The third kappa shape index (κ3) is 1.83. The highest BCUT2D eigenvalue weighted by Gasteiger charge is 2.21. The van der Waals surface area contributed by atoms with Crippen molar-refractivity contribution in [3.63, 3.8) is 0 Å². The van der Waals surface area contributed by atoms with Crippen molar-refractivity contribution in [2.24, 2.45) is 0 Å². The van der Waals surface area contributed by atoms with Gasteiger partial charge in [-0.15, -0.1) is 9.19 Å². The van der Waals surface area contributed by atoms with Crippen molar-refractivity contribution in [1.82, 2.24) is 9.19 Å². The summed E-state index contributed by atoms with van der Waals surface area (Å²) in [4.78, 5) is 0.0118. The zero-order valence-corrected chi connectivity index (χ0v) is 9.72. The Morgan fingerprint density at radius 2 is 1.83 bits per heavy atom. The predicted molar refractivity (Wildman–Crippen MR) is 59.5 cm³/mol. The van der Waals surface area contributed by atoms with Gasteiger partial charge in [-0.25, -0.2) is 0 Å². The Bertz CT molecular complexity index is 732. The van der Waals surface area contributed by atoms with Crippen molar-refractivity contribution >= 4 is 10.0 Å². The second kappa shape index (κ2) is 4.32. The van der Waals surface area contributed by atoms with Gasteiger partial charge in [0.25, 0.3) is 10.0 Å². The van der Waals surface area contributed by atoms with Gasteiger partial charge >= 0.3 is 0 Å². The van der Waals surface area contributed by atoms with Crippen LogP contribution in [0.15, 0.2) is 35.2 Å². The molecule has 0 unspecified atom stereocenters. The quantitative estimate of drug-likeness (QED) is 0.786. The summed E-state index contributed by atoms with van der Waals surface area (Å²) in [6.45, 7) is 0. The monoisotopic (exact) mass is 257 g/mol. The summed E-state index contributed by atoms with van der Waals surface area (Å²) in [5, 5.41) is 21.0. The zero-order chi connectivity index (χ0) is 13.2. The minimum Gasteiger partial charge on any atom is -0.199 e. The van der Waals surface area contributed by atoms with E-state index in [1.165, 1.54) is 12.1 Å². The Kier molecular flexibility index (Phi) is 2.84. The van der Waals surface area contributed by atoms with Gasteiger partial charge in [-0.05, 0) is 12.1 Å². The van der Waals surface area contributed by atoms with E-state index >= 15 is 0 Å². The van der Waals surface area contributed by atoms with Gasteiger partial charge in [-0.1, -0.05) is 18.2 Å². The summed E-state index contributed by atoms with van der Waals surface area (Å²) >= 11 is 0. The molecule has 18 heavy (non-hydrogen) atoms. The molecule has 87 valence electrons. The van der Waals surface area contributed by atoms with Crippen LogP contribution in [-0.2, 0) is 10.0 Å². The lowest BCUT2D eigenvalue weighted by molar-refractivity contribution is 0.579. The van der Waals surface area contributed by atoms with Gasteiger partial charge in [0, 0.05) is 0 Å². The molecule has 0 bridgehead atoms. The predicted octanol–water partition coefficient (Wildman–Crippen LogP) is 0.664. The van der Waals surface area contributed by atoms with E-state index in [-0.39, 0.29) is 16.2 Å². The van der Waals surface area contributed by atoms with Crippen LogP contribution in [0.3, 0.4) is 0 Å². The third-order valence-electron chi connectivity index (χ3n) is 2.12. The molecule has 1 heterocycles. The van der Waals surface area contributed by atoms with Crippen LogP contribution in [0.4, 0.5) is 0 Å². The molecule has 7 heteroatoms. The zero-order valence-electron chi connectivity index (χ0n) is 8.90. The molecule has 2 aromatic rings. The van der Waals surface area contributed by atoms with E-state index < -0.39 is 10.0 Å². The lowest BCUT2D eigenvalue weighted by Crippen LogP contribution is -2.13. The first kappa shape index (κ1) is 11.8. The van der Waals surface area contributed by atoms with Gasteiger partial charge in [0.05, 0.1) is 4.90 Å². The van der Waals surface area contributed by atoms with Crippen molar-refractivity contribution in [3.8, 4) is 12.1 Å². The van der Waals surface area contributed by atoms with Gasteiger partial charge in [0.15, 0.2) is 5.69 Å². The van der Waals surface area contributed by atoms with Crippen LogP contribution in [0.25, 0.3) is 0 Å². The Labute approximate surface area is 103 Å². The van der Waals surface area contributed by atoms with E-state index in [2.05, 4.69) is 11.3 Å². The highest BCUT2D eigenvalue weighted by Crippen LogP contribution is 2.14. The molecule has 0 spiro atoms. The minimum atomic E-state index is -3.91. The van der Waals surface area contributed by atoms with E-state index in [0.29, 0.717) is 4.09 Å². The van der Waals surface area contributed by atoms with E-state index in [9.17, 15) is 8.42 Å². The average Bonchev–Trinajstić information content (AvgIpc) is 2.83. The SMILES string of the molecule is N#Cc1[c]n(S(=O)(=O)c2ccccc2)nc1C#N. The van der Waals surface area contributed by atoms with Crippen LogP contribution < -0.4 is 0 Å². The van der Waals surface area contributed by atoms with E-state index in [1.54, 1.807) is 30.3 Å². The molecule has 0 saturated carbocycles. The molecule has 1 aromatic heterocycles. The fraction of sp³-hybridized carbons (Fsp3) is 0. The standard InChI is InChI=1S/C11H5N4O2S/c12-6-9-8-15(14-11(9)7-13)18(16,17)10-4-2-1-3-5-10/h1-5H. The smallest absolute Gasteiger partial charge is 0.199 e. The van der Waals surface area contributed by atoms with Crippen molar-refractivity contribution in [3.05, 3.63) is 47.8 Å². The van der Waals surface area contributed by atoms with Crippen LogP contribution >= 0.6 is 0 Å². The first-order chi connectivity index (χ1) is 8.59. The fourth-order valence-corrected chi connectivity index (χ4v) is 2.38. The van der Waals surface area contributed by atoms with E-state index in [1.807, 2.05) is 0 Å². The summed E-state index contributed by atoms with van der Waals surface area (Å²) in [6, 6.07) is 10.9. The lowest BCUT2D eigenvalue weighted by atomic mass is 10.3. The number of nitrogens with zero attached hydrogens (tertiary/aromatic N) is 4. The highest BCUT2D eigenvalue weighted by molar-refractivity contribution is 7.89. The number of benzene rings is 1. The Balaban J connectivity index is 2.61. The number of hydrogen-bond acceptors (Lipinski definition) is 5. The maximum Gasteiger partial charge on any atom is 0.283 e. The second-order valence-corrected chi connectivity index (χ2v) is 4.99. The summed E-state index contributed by atoms with van der Waals surface area (Å²) in [5.74, 6) is 0. The molecule has 0 N–H and O–H groups in total. The maximum atomic E-state index is 12.1. The molecular formula is C11H5N4O2S. The molecule has 0 atom stereocenters. The van der Waals surface area contributed by atoms with Crippen LogP contribution in [0.1, 0.15) is 11.3 Å². The van der Waals surface area contributed by atoms with Gasteiger partial charge in [0.1, 0.15) is 23.9 Å². The first-order valence-corrected chi connectivity index (χ1v) is 6.17. The Morgan fingerprint density at radius 3 is 2.33 bits per heavy atom. The molecule has 0 aliphatic rings. The Hall–Kier alpha value is -2.64. The number of hydrogen-bond donors (Lipinski definition) is 0. The molecule has 0 fully saturated rings. The molecule has 0 aliphatic heterocycles. The topological polar surface area (TPSA) is 99.5 Å². The largest absolute Gasteiger partial charge is 0.283 e. The Morgan fingerprint density at radius 1 is 1.17 bits per heavy atom. The number of aromatic nitrogens is 2. The molecule has 1 aromatic carbocycles. The molecule has 0 amide bonds. The fourth-order valence-electron chi connectivity index (χ4n) is 1.28.